The minimum Gasteiger partial charge on any atom is -0.348 e. The Bertz CT molecular complexity index is 1210. The van der Waals surface area contributed by atoms with Crippen LogP contribution in [0.25, 0.3) is 10.9 Å². The lowest BCUT2D eigenvalue weighted by Crippen LogP contribution is -2.37. The maximum Gasteiger partial charge on any atom is 0.263 e. The van der Waals surface area contributed by atoms with Crippen LogP contribution < -0.4 is 16.4 Å². The van der Waals surface area contributed by atoms with Gasteiger partial charge in [0.2, 0.25) is 0 Å². The summed E-state index contributed by atoms with van der Waals surface area (Å²) >= 11 is 0. The zero-order valence-electron chi connectivity index (χ0n) is 17.5. The Kier molecular flexibility index (Phi) is 6.17. The van der Waals surface area contributed by atoms with Gasteiger partial charge in [0.15, 0.2) is 0 Å². The molecular weight excluding hydrogens is 387 g/mol. The average molecular weight is 412 g/mol. The summed E-state index contributed by atoms with van der Waals surface area (Å²) < 4.78 is 14.9. The Morgan fingerprint density at radius 3 is 2.67 bits per heavy atom. The summed E-state index contributed by atoms with van der Waals surface area (Å²) in [4.78, 5) is 42.5. The summed E-state index contributed by atoms with van der Waals surface area (Å²) in [5, 5.41) is 3.31. The van der Waals surface area contributed by atoms with Gasteiger partial charge in [0.1, 0.15) is 11.4 Å². The number of benzene rings is 1. The number of pyridine rings is 2. The molecule has 158 valence electrons. The Morgan fingerprint density at radius 2 is 1.97 bits per heavy atom. The molecule has 2 aromatic heterocycles. The number of fused-ring (bicyclic) bond motifs is 1. The van der Waals surface area contributed by atoms with Crippen molar-refractivity contribution in [2.75, 3.05) is 20.6 Å². The summed E-state index contributed by atoms with van der Waals surface area (Å²) in [5.41, 5.74) is 0.528. The van der Waals surface area contributed by atoms with E-state index in [9.17, 15) is 18.8 Å². The van der Waals surface area contributed by atoms with Gasteiger partial charge in [-0.2, -0.15) is 0 Å². The first-order valence-corrected chi connectivity index (χ1v) is 9.63. The average Bonchev–Trinajstić information content (AvgIpc) is 2.65. The fraction of sp³-hybridized carbons (Fsp3) is 0.318. The fourth-order valence-corrected chi connectivity index (χ4v) is 3.49. The number of carbonyl (C=O) groups excluding carboxylic acids is 1. The third kappa shape index (κ3) is 4.49. The van der Waals surface area contributed by atoms with E-state index < -0.39 is 17.3 Å². The van der Waals surface area contributed by atoms with Gasteiger partial charge in [-0.25, -0.2) is 4.39 Å². The van der Waals surface area contributed by atoms with Gasteiger partial charge < -0.3 is 19.8 Å². The number of aromatic nitrogens is 2. The molecule has 0 aliphatic heterocycles. The molecule has 0 bridgehead atoms. The number of H-pyrrole nitrogens is 1. The van der Waals surface area contributed by atoms with Gasteiger partial charge >= 0.3 is 0 Å². The normalized spacial score (nSPS) is 12.3. The van der Waals surface area contributed by atoms with Gasteiger partial charge in [-0.1, -0.05) is 0 Å². The van der Waals surface area contributed by atoms with Crippen LogP contribution in [0.4, 0.5) is 4.39 Å². The smallest absolute Gasteiger partial charge is 0.263 e. The van der Waals surface area contributed by atoms with E-state index in [4.69, 9.17) is 0 Å². The van der Waals surface area contributed by atoms with Crippen molar-refractivity contribution in [1.82, 2.24) is 19.8 Å². The number of aryl methyl sites for hydroxylation is 1. The molecule has 0 saturated carbocycles. The van der Waals surface area contributed by atoms with Gasteiger partial charge in [0, 0.05) is 30.9 Å². The molecule has 3 aromatic rings. The minimum absolute atomic E-state index is 0.0531. The second kappa shape index (κ2) is 8.62. The number of likely N-dealkylation sites (N-methyl/N-ethyl adjacent to an activating group) is 1. The molecule has 2 N–H and O–H groups in total. The van der Waals surface area contributed by atoms with E-state index in [1.54, 1.807) is 35.9 Å². The van der Waals surface area contributed by atoms with E-state index in [1.165, 1.54) is 12.1 Å². The summed E-state index contributed by atoms with van der Waals surface area (Å²) in [6, 6.07) is 7.32. The molecule has 30 heavy (non-hydrogen) atoms. The molecular formula is C22H25FN4O3. The molecule has 0 radical (unpaired) electrons. The van der Waals surface area contributed by atoms with E-state index >= 15 is 0 Å². The lowest BCUT2D eigenvalue weighted by molar-refractivity contribution is 0.0947. The van der Waals surface area contributed by atoms with Crippen LogP contribution in [0.1, 0.15) is 34.5 Å². The van der Waals surface area contributed by atoms with Crippen LogP contribution in [0, 0.1) is 12.7 Å². The summed E-state index contributed by atoms with van der Waals surface area (Å²) in [6.07, 6.45) is 1.69. The molecule has 1 aromatic carbocycles. The topological polar surface area (TPSA) is 87.2 Å². The third-order valence-electron chi connectivity index (χ3n) is 4.98. The van der Waals surface area contributed by atoms with Crippen molar-refractivity contribution in [2.24, 2.45) is 0 Å². The molecule has 2 heterocycles. The molecule has 0 aliphatic rings. The van der Waals surface area contributed by atoms with Gasteiger partial charge in [0.05, 0.1) is 5.52 Å². The molecule has 1 atom stereocenters. The van der Waals surface area contributed by atoms with Crippen molar-refractivity contribution >= 4 is 16.8 Å². The SMILES string of the molecule is Cc1ccn(C(C)CN(C)C)c(=O)c1C(=O)NCc1cc2ccc(F)cc2[nH]c1=O. The number of carbonyl (C=O) groups is 1. The first kappa shape index (κ1) is 21.4. The largest absolute Gasteiger partial charge is 0.348 e. The van der Waals surface area contributed by atoms with Crippen LogP contribution in [-0.4, -0.2) is 41.0 Å². The van der Waals surface area contributed by atoms with Crippen molar-refractivity contribution in [3.8, 4) is 0 Å². The first-order valence-electron chi connectivity index (χ1n) is 9.63. The van der Waals surface area contributed by atoms with Gasteiger partial charge in [0.25, 0.3) is 17.0 Å². The maximum atomic E-state index is 13.3. The highest BCUT2D eigenvalue weighted by molar-refractivity contribution is 5.95. The molecule has 0 fully saturated rings. The second-order valence-electron chi connectivity index (χ2n) is 7.74. The Balaban J connectivity index is 1.85. The quantitative estimate of drug-likeness (QED) is 0.650. The Morgan fingerprint density at radius 1 is 1.23 bits per heavy atom. The van der Waals surface area contributed by atoms with Crippen LogP contribution in [0.15, 0.2) is 46.1 Å². The van der Waals surface area contributed by atoms with Crippen molar-refractivity contribution in [1.29, 1.82) is 0 Å². The lowest BCUT2D eigenvalue weighted by atomic mass is 10.1. The molecule has 3 rings (SSSR count). The van der Waals surface area contributed by atoms with E-state index in [0.717, 1.165) is 0 Å². The molecule has 0 spiro atoms. The third-order valence-corrected chi connectivity index (χ3v) is 4.98. The molecule has 1 unspecified atom stereocenters. The molecule has 8 heteroatoms. The monoisotopic (exact) mass is 412 g/mol. The molecule has 1 amide bonds. The number of hydrogen-bond donors (Lipinski definition) is 2. The van der Waals surface area contributed by atoms with Gasteiger partial charge in [-0.05, 0) is 69.2 Å². The van der Waals surface area contributed by atoms with Crippen LogP contribution in [0.5, 0.6) is 0 Å². The fourth-order valence-electron chi connectivity index (χ4n) is 3.49. The van der Waals surface area contributed by atoms with E-state index in [1.807, 2.05) is 25.9 Å². The summed E-state index contributed by atoms with van der Waals surface area (Å²) in [6.45, 7) is 4.21. The van der Waals surface area contributed by atoms with E-state index in [2.05, 4.69) is 10.3 Å². The van der Waals surface area contributed by atoms with Crippen LogP contribution in [0.2, 0.25) is 0 Å². The number of amides is 1. The Labute approximate surface area is 173 Å². The van der Waals surface area contributed by atoms with E-state index in [0.29, 0.717) is 28.6 Å². The number of aromatic amines is 1. The number of nitrogens with zero attached hydrogens (tertiary/aromatic N) is 2. The first-order chi connectivity index (χ1) is 14.2. The van der Waals surface area contributed by atoms with Crippen LogP contribution in [0.3, 0.4) is 0 Å². The van der Waals surface area contributed by atoms with Gasteiger partial charge in [-0.15, -0.1) is 0 Å². The lowest BCUT2D eigenvalue weighted by Gasteiger charge is -2.20. The van der Waals surface area contributed by atoms with E-state index in [-0.39, 0.29) is 23.7 Å². The zero-order valence-corrected chi connectivity index (χ0v) is 17.5. The Hall–Kier alpha value is -3.26. The zero-order chi connectivity index (χ0) is 22.0. The van der Waals surface area contributed by atoms with Crippen LogP contribution in [-0.2, 0) is 6.54 Å². The minimum atomic E-state index is -0.539. The number of halogens is 1. The number of rotatable bonds is 6. The van der Waals surface area contributed by atoms with Crippen molar-refractivity contribution in [2.45, 2.75) is 26.4 Å². The standard InChI is InChI=1S/C22H25FN4O3/c1-13-7-8-27(14(2)12-26(3)4)22(30)19(13)21(29)24-11-16-9-15-5-6-17(23)10-18(15)25-20(16)28/h5-10,14H,11-12H2,1-4H3,(H,24,29)(H,25,28). The number of nitrogens with one attached hydrogen (secondary N) is 2. The summed E-state index contributed by atoms with van der Waals surface area (Å²) in [5.74, 6) is -0.985. The van der Waals surface area contributed by atoms with Crippen molar-refractivity contribution in [3.63, 3.8) is 0 Å². The van der Waals surface area contributed by atoms with Crippen molar-refractivity contribution in [3.05, 3.63) is 79.7 Å². The molecule has 7 nitrogen and oxygen atoms in total. The van der Waals surface area contributed by atoms with Crippen LogP contribution >= 0.6 is 0 Å². The second-order valence-corrected chi connectivity index (χ2v) is 7.74. The maximum absolute atomic E-state index is 13.3. The highest BCUT2D eigenvalue weighted by atomic mass is 19.1. The van der Waals surface area contributed by atoms with Gasteiger partial charge in [-0.3, -0.25) is 14.4 Å². The highest BCUT2D eigenvalue weighted by Crippen LogP contribution is 2.13. The molecule has 0 saturated heterocycles. The predicted molar refractivity (Wildman–Crippen MR) is 114 cm³/mol. The molecule has 0 aliphatic carbocycles. The number of hydrogen-bond acceptors (Lipinski definition) is 4. The summed E-state index contributed by atoms with van der Waals surface area (Å²) in [7, 11) is 3.83. The van der Waals surface area contributed by atoms with Crippen molar-refractivity contribution < 1.29 is 9.18 Å². The predicted octanol–water partition coefficient (Wildman–Crippen LogP) is 2.19. The highest BCUT2D eigenvalue weighted by Gasteiger charge is 2.18.